The Bertz CT molecular complexity index is 933. The maximum Gasteiger partial charge on any atom is 0.276 e. The summed E-state index contributed by atoms with van der Waals surface area (Å²) >= 11 is 14.8. The molecule has 2 aromatic carbocycles. The second-order valence-electron chi connectivity index (χ2n) is 5.52. The van der Waals surface area contributed by atoms with E-state index >= 15 is 0 Å². The van der Waals surface area contributed by atoms with Crippen LogP contribution in [0, 0.1) is 0 Å². The van der Waals surface area contributed by atoms with Crippen LogP contribution in [0.4, 0.5) is 0 Å². The average Bonchev–Trinajstić information content (AvgIpc) is 2.87. The standard InChI is InChI=1S/C18H14BrClN2O3S/c1-25-15-8-12(19)6-11(16(15)23)7-14-17(24)22(18(26)21-14)9-10-4-2-3-5-13(10)20/h2-8,23H,9H2,1H3,(H,21,26)/b14-7+. The van der Waals surface area contributed by atoms with Gasteiger partial charge in [0.2, 0.25) is 0 Å². The zero-order chi connectivity index (χ0) is 18.8. The predicted octanol–water partition coefficient (Wildman–Crippen LogP) is 4.07. The first-order valence-corrected chi connectivity index (χ1v) is 9.13. The van der Waals surface area contributed by atoms with E-state index in [1.807, 2.05) is 18.2 Å². The number of rotatable bonds is 4. The summed E-state index contributed by atoms with van der Waals surface area (Å²) in [5.41, 5.74) is 1.48. The van der Waals surface area contributed by atoms with E-state index in [2.05, 4.69) is 21.2 Å². The van der Waals surface area contributed by atoms with E-state index < -0.39 is 0 Å². The highest BCUT2D eigenvalue weighted by Crippen LogP contribution is 2.35. The Morgan fingerprint density at radius 2 is 2.12 bits per heavy atom. The van der Waals surface area contributed by atoms with E-state index in [0.717, 1.165) is 5.56 Å². The van der Waals surface area contributed by atoms with E-state index in [1.54, 1.807) is 18.2 Å². The van der Waals surface area contributed by atoms with E-state index in [1.165, 1.54) is 18.1 Å². The van der Waals surface area contributed by atoms with Gasteiger partial charge < -0.3 is 15.2 Å². The molecule has 1 saturated heterocycles. The van der Waals surface area contributed by atoms with Gasteiger partial charge in [0, 0.05) is 15.1 Å². The number of amides is 1. The van der Waals surface area contributed by atoms with Crippen molar-refractivity contribution in [3.63, 3.8) is 0 Å². The fourth-order valence-electron chi connectivity index (χ4n) is 2.53. The minimum Gasteiger partial charge on any atom is -0.504 e. The largest absolute Gasteiger partial charge is 0.504 e. The maximum absolute atomic E-state index is 12.7. The fourth-order valence-corrected chi connectivity index (χ4v) is 3.44. The van der Waals surface area contributed by atoms with Crippen molar-refractivity contribution in [3.05, 3.63) is 62.7 Å². The molecule has 2 N–H and O–H groups in total. The summed E-state index contributed by atoms with van der Waals surface area (Å²) in [4.78, 5) is 14.2. The molecule has 0 unspecified atom stereocenters. The number of nitrogens with zero attached hydrogens (tertiary/aromatic N) is 1. The molecule has 1 heterocycles. The third-order valence-electron chi connectivity index (χ3n) is 3.84. The molecule has 0 spiro atoms. The summed E-state index contributed by atoms with van der Waals surface area (Å²) in [6.07, 6.45) is 1.53. The SMILES string of the molecule is COc1cc(Br)cc(/C=C2/NC(=S)N(Cc3ccccc3Cl)C2=O)c1O. The number of ether oxygens (including phenoxy) is 1. The minimum atomic E-state index is -0.298. The molecule has 0 bridgehead atoms. The van der Waals surface area contributed by atoms with Crippen LogP contribution in [0.3, 0.4) is 0 Å². The number of hydrogen-bond donors (Lipinski definition) is 2. The third-order valence-corrected chi connectivity index (χ3v) is 4.99. The lowest BCUT2D eigenvalue weighted by Crippen LogP contribution is -2.30. The van der Waals surface area contributed by atoms with E-state index in [0.29, 0.717) is 20.8 Å². The molecule has 1 aliphatic rings. The molecule has 0 atom stereocenters. The van der Waals surface area contributed by atoms with Crippen molar-refractivity contribution in [1.29, 1.82) is 0 Å². The average molecular weight is 454 g/mol. The Balaban J connectivity index is 1.91. The Morgan fingerprint density at radius 3 is 2.81 bits per heavy atom. The predicted molar refractivity (Wildman–Crippen MR) is 108 cm³/mol. The summed E-state index contributed by atoms with van der Waals surface area (Å²) in [6.45, 7) is 0.259. The molecule has 0 aromatic heterocycles. The normalized spacial score (nSPS) is 15.5. The lowest BCUT2D eigenvalue weighted by molar-refractivity contribution is -0.122. The molecule has 0 saturated carbocycles. The molecular formula is C18H14BrClN2O3S. The summed E-state index contributed by atoms with van der Waals surface area (Å²) in [5, 5.41) is 14.0. The first kappa shape index (κ1) is 18.7. The lowest BCUT2D eigenvalue weighted by atomic mass is 10.1. The molecule has 5 nitrogen and oxygen atoms in total. The first-order chi connectivity index (χ1) is 12.4. The van der Waals surface area contributed by atoms with Crippen molar-refractivity contribution in [2.75, 3.05) is 7.11 Å². The number of nitrogens with one attached hydrogen (secondary N) is 1. The molecule has 0 radical (unpaired) electrons. The van der Waals surface area contributed by atoms with Crippen molar-refractivity contribution < 1.29 is 14.6 Å². The van der Waals surface area contributed by atoms with Crippen LogP contribution in [0.15, 0.2) is 46.6 Å². The quantitative estimate of drug-likeness (QED) is 0.540. The minimum absolute atomic E-state index is 0.0618. The van der Waals surface area contributed by atoms with E-state index in [-0.39, 0.29) is 29.0 Å². The zero-order valence-electron chi connectivity index (χ0n) is 13.6. The third kappa shape index (κ3) is 3.70. The number of phenolic OH excluding ortho intramolecular Hbond substituents is 1. The number of hydrogen-bond acceptors (Lipinski definition) is 4. The van der Waals surface area contributed by atoms with Crippen LogP contribution in [0.1, 0.15) is 11.1 Å². The topological polar surface area (TPSA) is 61.8 Å². The highest BCUT2D eigenvalue weighted by Gasteiger charge is 2.31. The molecule has 1 amide bonds. The van der Waals surface area contributed by atoms with Gasteiger partial charge in [0.05, 0.1) is 13.7 Å². The van der Waals surface area contributed by atoms with Gasteiger partial charge in [-0.3, -0.25) is 9.69 Å². The zero-order valence-corrected chi connectivity index (χ0v) is 16.8. The molecule has 2 aromatic rings. The van der Waals surface area contributed by atoms with Crippen LogP contribution in [-0.2, 0) is 11.3 Å². The van der Waals surface area contributed by atoms with Gasteiger partial charge in [0.25, 0.3) is 5.91 Å². The highest BCUT2D eigenvalue weighted by atomic mass is 79.9. The number of benzene rings is 2. The fraction of sp³-hybridized carbons (Fsp3) is 0.111. The number of carbonyl (C=O) groups is 1. The molecule has 26 heavy (non-hydrogen) atoms. The molecule has 1 aliphatic heterocycles. The molecule has 134 valence electrons. The monoisotopic (exact) mass is 452 g/mol. The van der Waals surface area contributed by atoms with Gasteiger partial charge in [-0.25, -0.2) is 0 Å². The summed E-state index contributed by atoms with van der Waals surface area (Å²) in [7, 11) is 1.46. The Hall–Kier alpha value is -2.09. The van der Waals surface area contributed by atoms with Crippen molar-refractivity contribution in [2.24, 2.45) is 0 Å². The van der Waals surface area contributed by atoms with E-state index in [4.69, 9.17) is 28.6 Å². The number of thiocarbonyl (C=S) groups is 1. The van der Waals surface area contributed by atoms with Gasteiger partial charge in [-0.05, 0) is 42.1 Å². The van der Waals surface area contributed by atoms with Crippen LogP contribution in [0.5, 0.6) is 11.5 Å². The van der Waals surface area contributed by atoms with Gasteiger partial charge >= 0.3 is 0 Å². The number of halogens is 2. The van der Waals surface area contributed by atoms with Crippen molar-refractivity contribution in [1.82, 2.24) is 10.2 Å². The summed E-state index contributed by atoms with van der Waals surface area (Å²) in [5.74, 6) is -0.0614. The summed E-state index contributed by atoms with van der Waals surface area (Å²) in [6, 6.07) is 10.6. The maximum atomic E-state index is 12.7. The van der Waals surface area contributed by atoms with E-state index in [9.17, 15) is 9.90 Å². The van der Waals surface area contributed by atoms with Crippen LogP contribution < -0.4 is 10.1 Å². The second kappa shape index (κ2) is 7.65. The molecular weight excluding hydrogens is 440 g/mol. The van der Waals surface area contributed by atoms with Crippen molar-refractivity contribution in [3.8, 4) is 11.5 Å². The number of phenols is 1. The van der Waals surface area contributed by atoms with Gasteiger partial charge in [0.15, 0.2) is 16.6 Å². The number of carbonyl (C=O) groups excluding carboxylic acids is 1. The lowest BCUT2D eigenvalue weighted by Gasteiger charge is -2.14. The van der Waals surface area contributed by atoms with Crippen LogP contribution in [0.2, 0.25) is 5.02 Å². The molecule has 1 fully saturated rings. The van der Waals surface area contributed by atoms with Gasteiger partial charge in [-0.15, -0.1) is 0 Å². The van der Waals surface area contributed by atoms with Crippen LogP contribution in [0.25, 0.3) is 6.08 Å². The molecule has 0 aliphatic carbocycles. The van der Waals surface area contributed by atoms with Gasteiger partial charge in [-0.1, -0.05) is 45.7 Å². The Labute approximate surface area is 169 Å². The Kier molecular flexibility index (Phi) is 5.50. The molecule has 3 rings (SSSR count). The van der Waals surface area contributed by atoms with Gasteiger partial charge in [-0.2, -0.15) is 0 Å². The van der Waals surface area contributed by atoms with Crippen LogP contribution in [-0.4, -0.2) is 28.1 Å². The second-order valence-corrected chi connectivity index (χ2v) is 7.23. The number of aromatic hydroxyl groups is 1. The first-order valence-electron chi connectivity index (χ1n) is 7.55. The Morgan fingerprint density at radius 1 is 1.38 bits per heavy atom. The highest BCUT2D eigenvalue weighted by molar-refractivity contribution is 9.10. The summed E-state index contributed by atoms with van der Waals surface area (Å²) < 4.78 is 5.84. The van der Waals surface area contributed by atoms with Crippen molar-refractivity contribution >= 4 is 56.8 Å². The van der Waals surface area contributed by atoms with Gasteiger partial charge in [0.1, 0.15) is 5.70 Å². The van der Waals surface area contributed by atoms with Crippen LogP contribution >= 0.6 is 39.7 Å². The number of methoxy groups -OCH3 is 1. The molecule has 8 heteroatoms. The van der Waals surface area contributed by atoms with Crippen molar-refractivity contribution in [2.45, 2.75) is 6.54 Å². The smallest absolute Gasteiger partial charge is 0.276 e.